The lowest BCUT2D eigenvalue weighted by Gasteiger charge is -2.23. The average molecular weight is 312 g/mol. The van der Waals surface area contributed by atoms with E-state index in [1.54, 1.807) is 6.07 Å². The Morgan fingerprint density at radius 3 is 2.71 bits per heavy atom. The molecule has 1 aliphatic heterocycles. The van der Waals surface area contributed by atoms with Crippen molar-refractivity contribution >= 4 is 28.2 Å². The third kappa shape index (κ3) is 3.71. The van der Waals surface area contributed by atoms with Gasteiger partial charge in [-0.3, -0.25) is 14.9 Å². The summed E-state index contributed by atoms with van der Waals surface area (Å²) in [5.74, 6) is 0. The van der Waals surface area contributed by atoms with Crippen LogP contribution in [0.2, 0.25) is 0 Å². The fraction of sp³-hybridized carbons (Fsp3) is 0.500. The number of rotatable bonds is 4. The van der Waals surface area contributed by atoms with Crippen molar-refractivity contribution in [2.45, 2.75) is 13.3 Å². The second-order valence-electron chi connectivity index (χ2n) is 5.01. The summed E-state index contributed by atoms with van der Waals surface area (Å²) < 4.78 is 0. The second kappa shape index (κ2) is 6.87. The Morgan fingerprint density at radius 1 is 1.33 bits per heavy atom. The molecular weight excluding hydrogens is 294 g/mol. The SMILES string of the molecule is CCN1CCCN(c2ccc(C(=O)Cl)c([N+](=O)[O-])c2)CC1. The van der Waals surface area contributed by atoms with Crippen LogP contribution in [0.3, 0.4) is 0 Å². The summed E-state index contributed by atoms with van der Waals surface area (Å²) in [5, 5.41) is 10.3. The summed E-state index contributed by atoms with van der Waals surface area (Å²) in [4.78, 5) is 26.2. The van der Waals surface area contributed by atoms with Crippen molar-refractivity contribution in [3.05, 3.63) is 33.9 Å². The van der Waals surface area contributed by atoms with Crippen LogP contribution in [0, 0.1) is 10.1 Å². The molecular formula is C14H18ClN3O3. The minimum Gasteiger partial charge on any atom is -0.370 e. The Balaban J connectivity index is 2.26. The van der Waals surface area contributed by atoms with E-state index in [-0.39, 0.29) is 11.3 Å². The Bertz CT molecular complexity index is 550. The van der Waals surface area contributed by atoms with Gasteiger partial charge in [0.05, 0.1) is 4.92 Å². The molecule has 1 aliphatic rings. The van der Waals surface area contributed by atoms with Crippen LogP contribution in [0.25, 0.3) is 0 Å². The van der Waals surface area contributed by atoms with Crippen molar-refractivity contribution in [1.29, 1.82) is 0 Å². The molecule has 0 aromatic heterocycles. The number of likely N-dealkylation sites (N-methyl/N-ethyl adjacent to an activating group) is 1. The van der Waals surface area contributed by atoms with Crippen molar-refractivity contribution in [1.82, 2.24) is 4.90 Å². The molecule has 0 aliphatic carbocycles. The van der Waals surface area contributed by atoms with Crippen LogP contribution >= 0.6 is 11.6 Å². The average Bonchev–Trinajstić information content (AvgIpc) is 2.71. The van der Waals surface area contributed by atoms with E-state index < -0.39 is 10.2 Å². The highest BCUT2D eigenvalue weighted by molar-refractivity contribution is 6.68. The van der Waals surface area contributed by atoms with Gasteiger partial charge in [-0.2, -0.15) is 0 Å². The van der Waals surface area contributed by atoms with Gasteiger partial charge < -0.3 is 9.80 Å². The number of halogens is 1. The van der Waals surface area contributed by atoms with Gasteiger partial charge in [0.1, 0.15) is 5.56 Å². The zero-order valence-corrected chi connectivity index (χ0v) is 12.7. The molecule has 7 heteroatoms. The molecule has 0 bridgehead atoms. The first kappa shape index (κ1) is 15.7. The van der Waals surface area contributed by atoms with Crippen molar-refractivity contribution in [3.63, 3.8) is 0 Å². The minimum atomic E-state index is -0.804. The third-order valence-electron chi connectivity index (χ3n) is 3.79. The standard InChI is InChI=1S/C14H18ClN3O3/c1-2-16-6-3-7-17(9-8-16)11-4-5-12(14(15)19)13(10-11)18(20)21/h4-5,10H,2-3,6-9H2,1H3. The van der Waals surface area contributed by atoms with Crippen molar-refractivity contribution in [3.8, 4) is 0 Å². The number of carbonyl (C=O) groups is 1. The lowest BCUT2D eigenvalue weighted by atomic mass is 10.1. The molecule has 0 radical (unpaired) electrons. The van der Waals surface area contributed by atoms with Crippen LogP contribution in [0.15, 0.2) is 18.2 Å². The molecule has 114 valence electrons. The predicted octanol–water partition coefficient (Wildman–Crippen LogP) is 2.51. The zero-order valence-electron chi connectivity index (χ0n) is 11.9. The number of anilines is 1. The van der Waals surface area contributed by atoms with Crippen LogP contribution in [-0.4, -0.2) is 47.8 Å². The maximum atomic E-state index is 11.2. The van der Waals surface area contributed by atoms with Gasteiger partial charge in [-0.1, -0.05) is 6.92 Å². The molecule has 1 aromatic rings. The summed E-state index contributed by atoms with van der Waals surface area (Å²) in [6.45, 7) is 6.77. The number of carbonyl (C=O) groups excluding carboxylic acids is 1. The van der Waals surface area contributed by atoms with E-state index in [2.05, 4.69) is 16.7 Å². The highest BCUT2D eigenvalue weighted by atomic mass is 35.5. The van der Waals surface area contributed by atoms with Gasteiger partial charge >= 0.3 is 0 Å². The summed E-state index contributed by atoms with van der Waals surface area (Å²) >= 11 is 5.39. The Morgan fingerprint density at radius 2 is 2.10 bits per heavy atom. The molecule has 1 fully saturated rings. The van der Waals surface area contributed by atoms with Crippen molar-refractivity contribution in [2.75, 3.05) is 37.6 Å². The van der Waals surface area contributed by atoms with Gasteiger partial charge in [0.2, 0.25) is 0 Å². The summed E-state index contributed by atoms with van der Waals surface area (Å²) in [5.41, 5.74) is 0.473. The molecule has 0 N–H and O–H groups in total. The van der Waals surface area contributed by atoms with Gasteiger partial charge in [-0.15, -0.1) is 0 Å². The first-order valence-corrected chi connectivity index (χ1v) is 7.36. The van der Waals surface area contributed by atoms with Gasteiger partial charge in [0.25, 0.3) is 10.9 Å². The van der Waals surface area contributed by atoms with Crippen molar-refractivity contribution in [2.24, 2.45) is 0 Å². The lowest BCUT2D eigenvalue weighted by molar-refractivity contribution is -0.385. The fourth-order valence-electron chi connectivity index (χ4n) is 2.58. The topological polar surface area (TPSA) is 66.7 Å². The second-order valence-corrected chi connectivity index (χ2v) is 5.35. The van der Waals surface area contributed by atoms with Crippen LogP contribution in [0.1, 0.15) is 23.7 Å². The summed E-state index contributed by atoms with van der Waals surface area (Å²) in [6, 6.07) is 4.60. The lowest BCUT2D eigenvalue weighted by Crippen LogP contribution is -2.30. The van der Waals surface area contributed by atoms with Gasteiger partial charge in [-0.05, 0) is 43.2 Å². The Labute approximate surface area is 128 Å². The molecule has 0 unspecified atom stereocenters. The molecule has 0 spiro atoms. The molecule has 1 saturated heterocycles. The highest BCUT2D eigenvalue weighted by Crippen LogP contribution is 2.27. The number of hydrogen-bond donors (Lipinski definition) is 0. The normalized spacial score (nSPS) is 16.6. The van der Waals surface area contributed by atoms with E-state index in [4.69, 9.17) is 11.6 Å². The van der Waals surface area contributed by atoms with E-state index in [0.717, 1.165) is 44.8 Å². The first-order chi connectivity index (χ1) is 10.0. The number of nitrogens with zero attached hydrogens (tertiary/aromatic N) is 3. The summed E-state index contributed by atoms with van der Waals surface area (Å²) in [6.07, 6.45) is 1.01. The number of nitro groups is 1. The van der Waals surface area contributed by atoms with Crippen molar-refractivity contribution < 1.29 is 9.72 Å². The molecule has 0 saturated carbocycles. The molecule has 1 heterocycles. The maximum Gasteiger partial charge on any atom is 0.283 e. The minimum absolute atomic E-state index is 0.0598. The number of benzene rings is 1. The van der Waals surface area contributed by atoms with Crippen LogP contribution < -0.4 is 4.90 Å². The molecule has 2 rings (SSSR count). The van der Waals surface area contributed by atoms with E-state index >= 15 is 0 Å². The largest absolute Gasteiger partial charge is 0.370 e. The van der Waals surface area contributed by atoms with E-state index in [9.17, 15) is 14.9 Å². The fourth-order valence-corrected chi connectivity index (χ4v) is 2.74. The quantitative estimate of drug-likeness (QED) is 0.485. The molecule has 0 amide bonds. The van der Waals surface area contributed by atoms with E-state index in [0.29, 0.717) is 0 Å². The van der Waals surface area contributed by atoms with E-state index in [1.807, 2.05) is 0 Å². The van der Waals surface area contributed by atoms with Gasteiger partial charge in [0, 0.05) is 31.4 Å². The van der Waals surface area contributed by atoms with Crippen LogP contribution in [-0.2, 0) is 0 Å². The first-order valence-electron chi connectivity index (χ1n) is 6.98. The smallest absolute Gasteiger partial charge is 0.283 e. The highest BCUT2D eigenvalue weighted by Gasteiger charge is 2.22. The third-order valence-corrected chi connectivity index (χ3v) is 3.99. The Hall–Kier alpha value is -1.66. The number of nitro benzene ring substituents is 1. The zero-order chi connectivity index (χ0) is 15.4. The monoisotopic (exact) mass is 311 g/mol. The number of hydrogen-bond acceptors (Lipinski definition) is 5. The molecule has 6 nitrogen and oxygen atoms in total. The van der Waals surface area contributed by atoms with Crippen LogP contribution in [0.5, 0.6) is 0 Å². The summed E-state index contributed by atoms with van der Waals surface area (Å²) in [7, 11) is 0. The molecule has 0 atom stereocenters. The molecule has 21 heavy (non-hydrogen) atoms. The van der Waals surface area contributed by atoms with Gasteiger partial charge in [-0.25, -0.2) is 0 Å². The molecule has 1 aromatic carbocycles. The predicted molar refractivity (Wildman–Crippen MR) is 82.2 cm³/mol. The van der Waals surface area contributed by atoms with Gasteiger partial charge in [0.15, 0.2) is 0 Å². The van der Waals surface area contributed by atoms with E-state index in [1.165, 1.54) is 12.1 Å². The Kier molecular flexibility index (Phi) is 5.14. The van der Waals surface area contributed by atoms with Crippen LogP contribution in [0.4, 0.5) is 11.4 Å². The maximum absolute atomic E-state index is 11.2.